The van der Waals surface area contributed by atoms with Gasteiger partial charge >= 0.3 is 0 Å². The first kappa shape index (κ1) is 15.8. The Morgan fingerprint density at radius 2 is 1.62 bits per heavy atom. The number of rotatable bonds is 5. The summed E-state index contributed by atoms with van der Waals surface area (Å²) < 4.78 is 39.6. The van der Waals surface area contributed by atoms with E-state index in [4.69, 9.17) is 17.4 Å². The van der Waals surface area contributed by atoms with E-state index in [2.05, 4.69) is 5.43 Å². The largest absolute Gasteiger partial charge is 0.271 e. The van der Waals surface area contributed by atoms with E-state index in [1.165, 1.54) is 30.3 Å². The molecule has 0 aliphatic rings. The molecule has 1 atom stereocenters. The normalized spacial score (nSPS) is 12.4. The molecular formula is C15H14ClF3N2. The van der Waals surface area contributed by atoms with E-state index in [1.54, 1.807) is 0 Å². The van der Waals surface area contributed by atoms with Gasteiger partial charge in [-0.25, -0.2) is 13.2 Å². The Balaban J connectivity index is 2.14. The zero-order chi connectivity index (χ0) is 15.4. The van der Waals surface area contributed by atoms with Crippen molar-refractivity contribution < 1.29 is 13.2 Å². The molecule has 0 heterocycles. The lowest BCUT2D eigenvalue weighted by atomic mass is 9.99. The molecule has 0 amide bonds. The molecule has 0 aliphatic heterocycles. The summed E-state index contributed by atoms with van der Waals surface area (Å²) in [5, 5.41) is 0.419. The van der Waals surface area contributed by atoms with Crippen LogP contribution in [0.15, 0.2) is 36.4 Å². The maximum atomic E-state index is 13.2. The van der Waals surface area contributed by atoms with Crippen molar-refractivity contribution in [1.82, 2.24) is 5.43 Å². The predicted octanol–water partition coefficient (Wildman–Crippen LogP) is 3.37. The van der Waals surface area contributed by atoms with Gasteiger partial charge in [-0.05, 0) is 54.3 Å². The van der Waals surface area contributed by atoms with Gasteiger partial charge in [-0.15, -0.1) is 0 Å². The quantitative estimate of drug-likeness (QED) is 0.656. The van der Waals surface area contributed by atoms with Crippen LogP contribution in [0, 0.1) is 17.5 Å². The fourth-order valence-corrected chi connectivity index (χ4v) is 2.36. The summed E-state index contributed by atoms with van der Waals surface area (Å²) in [6, 6.07) is 6.99. The van der Waals surface area contributed by atoms with Crippen LogP contribution in [0.5, 0.6) is 0 Å². The highest BCUT2D eigenvalue weighted by Crippen LogP contribution is 2.20. The molecule has 0 radical (unpaired) electrons. The van der Waals surface area contributed by atoms with Gasteiger partial charge in [-0.1, -0.05) is 11.6 Å². The summed E-state index contributed by atoms with van der Waals surface area (Å²) in [5.41, 5.74) is 3.60. The van der Waals surface area contributed by atoms with Gasteiger partial charge in [0, 0.05) is 17.1 Å². The Bertz CT molecular complexity index is 614. The van der Waals surface area contributed by atoms with Crippen LogP contribution in [0.3, 0.4) is 0 Å². The van der Waals surface area contributed by atoms with Crippen molar-refractivity contribution in [3.63, 3.8) is 0 Å². The second-order valence-electron chi connectivity index (χ2n) is 4.79. The lowest BCUT2D eigenvalue weighted by Gasteiger charge is -2.17. The smallest absolute Gasteiger partial charge is 0.126 e. The van der Waals surface area contributed by atoms with E-state index >= 15 is 0 Å². The maximum Gasteiger partial charge on any atom is 0.126 e. The van der Waals surface area contributed by atoms with Crippen molar-refractivity contribution in [2.75, 3.05) is 0 Å². The van der Waals surface area contributed by atoms with Crippen LogP contribution in [0.2, 0.25) is 5.02 Å². The van der Waals surface area contributed by atoms with E-state index in [1.807, 2.05) is 0 Å². The second kappa shape index (κ2) is 6.93. The third-order valence-corrected chi connectivity index (χ3v) is 3.48. The van der Waals surface area contributed by atoms with E-state index in [0.29, 0.717) is 22.6 Å². The number of halogens is 4. The van der Waals surface area contributed by atoms with Crippen molar-refractivity contribution in [2.45, 2.75) is 18.9 Å². The SMILES string of the molecule is NNC(Cc1cc(F)cc(F)c1)Cc1cc(F)ccc1Cl. The molecule has 0 spiro atoms. The Labute approximate surface area is 125 Å². The van der Waals surface area contributed by atoms with Gasteiger partial charge in [-0.2, -0.15) is 0 Å². The summed E-state index contributed by atoms with van der Waals surface area (Å²) in [5.74, 6) is 3.76. The zero-order valence-corrected chi connectivity index (χ0v) is 11.8. The molecule has 2 aromatic carbocycles. The fourth-order valence-electron chi connectivity index (χ4n) is 2.17. The van der Waals surface area contributed by atoms with E-state index < -0.39 is 17.5 Å². The fraction of sp³-hybridized carbons (Fsp3) is 0.200. The predicted molar refractivity (Wildman–Crippen MR) is 76.3 cm³/mol. The Morgan fingerprint density at radius 1 is 0.952 bits per heavy atom. The summed E-state index contributed by atoms with van der Waals surface area (Å²) in [6.07, 6.45) is 0.628. The van der Waals surface area contributed by atoms with Crippen LogP contribution in [0.4, 0.5) is 13.2 Å². The summed E-state index contributed by atoms with van der Waals surface area (Å²) >= 11 is 6.00. The topological polar surface area (TPSA) is 38.0 Å². The first-order chi connectivity index (χ1) is 9.97. The minimum Gasteiger partial charge on any atom is -0.271 e. The number of nitrogens with one attached hydrogen (secondary N) is 1. The lowest BCUT2D eigenvalue weighted by molar-refractivity contribution is 0.514. The van der Waals surface area contributed by atoms with Crippen molar-refractivity contribution in [2.24, 2.45) is 5.84 Å². The minimum absolute atomic E-state index is 0.290. The average molecular weight is 315 g/mol. The highest BCUT2D eigenvalue weighted by molar-refractivity contribution is 6.31. The van der Waals surface area contributed by atoms with Gasteiger partial charge in [0.15, 0.2) is 0 Å². The molecule has 6 heteroatoms. The van der Waals surface area contributed by atoms with Crippen molar-refractivity contribution in [1.29, 1.82) is 0 Å². The van der Waals surface area contributed by atoms with Gasteiger partial charge in [0.2, 0.25) is 0 Å². The van der Waals surface area contributed by atoms with Gasteiger partial charge < -0.3 is 0 Å². The van der Waals surface area contributed by atoms with E-state index in [9.17, 15) is 13.2 Å². The Hall–Kier alpha value is -1.56. The molecule has 0 aliphatic carbocycles. The molecule has 2 nitrogen and oxygen atoms in total. The van der Waals surface area contributed by atoms with Crippen LogP contribution < -0.4 is 11.3 Å². The molecule has 0 saturated carbocycles. The highest BCUT2D eigenvalue weighted by atomic mass is 35.5. The van der Waals surface area contributed by atoms with Crippen LogP contribution in [0.1, 0.15) is 11.1 Å². The third-order valence-electron chi connectivity index (χ3n) is 3.11. The molecule has 3 N–H and O–H groups in total. The first-order valence-corrected chi connectivity index (χ1v) is 6.70. The molecular weight excluding hydrogens is 301 g/mol. The molecule has 0 fully saturated rings. The molecule has 0 aromatic heterocycles. The Kier molecular flexibility index (Phi) is 5.22. The third kappa shape index (κ3) is 4.46. The Morgan fingerprint density at radius 3 is 2.24 bits per heavy atom. The summed E-state index contributed by atoms with van der Waals surface area (Å²) in [6.45, 7) is 0. The average Bonchev–Trinajstić information content (AvgIpc) is 2.41. The monoisotopic (exact) mass is 314 g/mol. The first-order valence-electron chi connectivity index (χ1n) is 6.33. The van der Waals surface area contributed by atoms with Crippen molar-refractivity contribution >= 4 is 11.6 Å². The minimum atomic E-state index is -0.649. The molecule has 0 saturated heterocycles. The van der Waals surface area contributed by atoms with Crippen LogP contribution >= 0.6 is 11.6 Å². The zero-order valence-electron chi connectivity index (χ0n) is 11.0. The summed E-state index contributed by atoms with van der Waals surface area (Å²) in [7, 11) is 0. The van der Waals surface area contributed by atoms with Crippen molar-refractivity contribution in [3.8, 4) is 0 Å². The van der Waals surface area contributed by atoms with Crippen LogP contribution in [-0.4, -0.2) is 6.04 Å². The number of nitrogens with two attached hydrogens (primary N) is 1. The van der Waals surface area contributed by atoms with E-state index in [-0.39, 0.29) is 12.5 Å². The number of hydrogen-bond donors (Lipinski definition) is 2. The molecule has 2 aromatic rings. The number of benzene rings is 2. The molecule has 1 unspecified atom stereocenters. The number of hydrazine groups is 1. The molecule has 112 valence electrons. The maximum absolute atomic E-state index is 13.2. The standard InChI is InChI=1S/C15H14ClF3N2/c16-15-2-1-11(17)6-10(15)7-14(21-20)5-9-3-12(18)8-13(19)4-9/h1-4,6,8,14,21H,5,7,20H2. The lowest BCUT2D eigenvalue weighted by Crippen LogP contribution is -2.38. The number of hydrogen-bond acceptors (Lipinski definition) is 2. The van der Waals surface area contributed by atoms with Gasteiger partial charge in [-0.3, -0.25) is 11.3 Å². The second-order valence-corrected chi connectivity index (χ2v) is 5.19. The van der Waals surface area contributed by atoms with Crippen molar-refractivity contribution in [3.05, 3.63) is 70.0 Å². The van der Waals surface area contributed by atoms with Gasteiger partial charge in [0.25, 0.3) is 0 Å². The summed E-state index contributed by atoms with van der Waals surface area (Å²) in [4.78, 5) is 0. The van der Waals surface area contributed by atoms with Gasteiger partial charge in [0.1, 0.15) is 17.5 Å². The van der Waals surface area contributed by atoms with Crippen LogP contribution in [0.25, 0.3) is 0 Å². The molecule has 2 rings (SSSR count). The van der Waals surface area contributed by atoms with Crippen LogP contribution in [-0.2, 0) is 12.8 Å². The molecule has 21 heavy (non-hydrogen) atoms. The molecule has 0 bridgehead atoms. The van der Waals surface area contributed by atoms with Gasteiger partial charge in [0.05, 0.1) is 0 Å². The van der Waals surface area contributed by atoms with E-state index in [0.717, 1.165) is 6.07 Å². The highest BCUT2D eigenvalue weighted by Gasteiger charge is 2.13.